The maximum Gasteiger partial charge on any atom is 0.255 e. The number of nitrogens with one attached hydrogen (secondary N) is 2. The first-order valence-electron chi connectivity index (χ1n) is 17.2. The van der Waals surface area contributed by atoms with Crippen molar-refractivity contribution in [3.63, 3.8) is 0 Å². The van der Waals surface area contributed by atoms with E-state index in [0.29, 0.717) is 56.5 Å². The fraction of sp³-hybridized carbons (Fsp3) is 0.0952. The van der Waals surface area contributed by atoms with Crippen LogP contribution in [0.5, 0.6) is 0 Å². The zero-order valence-corrected chi connectivity index (χ0v) is 30.4. The molecule has 6 rings (SSSR count). The second-order valence-corrected chi connectivity index (χ2v) is 12.8. The van der Waals surface area contributed by atoms with Gasteiger partial charge in [-0.3, -0.25) is 9.59 Å². The number of amides is 2. The molecule has 0 aliphatic heterocycles. The van der Waals surface area contributed by atoms with Gasteiger partial charge in [-0.15, -0.1) is 0 Å². The predicted molar refractivity (Wildman–Crippen MR) is 218 cm³/mol. The highest BCUT2D eigenvalue weighted by Crippen LogP contribution is 2.28. The smallest absolute Gasteiger partial charge is 0.255 e. The number of azo groups is 2. The predicted octanol–water partition coefficient (Wildman–Crippen LogP) is 10.0. The number of para-hydroxylation sites is 2. The van der Waals surface area contributed by atoms with Crippen molar-refractivity contribution in [1.29, 1.82) is 0 Å². The third-order valence-electron chi connectivity index (χ3n) is 8.56. The van der Waals surface area contributed by atoms with E-state index in [1.165, 1.54) is 12.1 Å². The lowest BCUT2D eigenvalue weighted by molar-refractivity contribution is 0.101. The van der Waals surface area contributed by atoms with Crippen LogP contribution in [-0.4, -0.2) is 33.0 Å². The third kappa shape index (κ3) is 9.73. The minimum Gasteiger partial charge on any atom is -0.397 e. The number of anilines is 6. The van der Waals surface area contributed by atoms with E-state index in [2.05, 4.69) is 31.1 Å². The van der Waals surface area contributed by atoms with Crippen molar-refractivity contribution in [2.45, 2.75) is 6.54 Å². The maximum atomic E-state index is 15.1. The van der Waals surface area contributed by atoms with Gasteiger partial charge in [0.15, 0.2) is 0 Å². The van der Waals surface area contributed by atoms with E-state index in [4.69, 9.17) is 11.5 Å². The molecular weight excluding hydrogens is 696 g/mol. The fourth-order valence-corrected chi connectivity index (χ4v) is 5.39. The summed E-state index contributed by atoms with van der Waals surface area (Å²) in [6, 6.07) is 38.1. The van der Waals surface area contributed by atoms with Crippen LogP contribution in [0.4, 0.5) is 61.3 Å². The fourth-order valence-electron chi connectivity index (χ4n) is 5.39. The lowest BCUT2D eigenvalue weighted by Crippen LogP contribution is -2.18. The van der Waals surface area contributed by atoms with Gasteiger partial charge >= 0.3 is 0 Å². The second kappa shape index (κ2) is 16.9. The number of nitrogen functional groups attached to an aromatic ring is 2. The standard InChI is InChI=1S/C42H39FN10O2/c1-52(2)34-20-16-32(17-21-34)50-48-31-14-10-28(11-15-31)42(55)47-40-24-29(36(43)25-38(40)45)26-53(3)35-22-18-33(19-23-35)51-49-30-12-8-27(9-13-30)41(54)46-39-7-5-4-6-37(39)44/h4-25H,26,44-45H2,1-3H3,(H,46,54)(H,47,55)/b50-48+,51-49+. The number of nitrogens with zero attached hydrogens (tertiary/aromatic N) is 6. The highest BCUT2D eigenvalue weighted by Gasteiger charge is 2.15. The van der Waals surface area contributed by atoms with Crippen molar-refractivity contribution in [3.05, 3.63) is 156 Å². The Kier molecular flexibility index (Phi) is 11.5. The summed E-state index contributed by atoms with van der Waals surface area (Å²) in [7, 11) is 5.76. The van der Waals surface area contributed by atoms with Crippen molar-refractivity contribution in [2.24, 2.45) is 20.5 Å². The minimum atomic E-state index is -0.494. The van der Waals surface area contributed by atoms with Gasteiger partial charge < -0.3 is 31.9 Å². The summed E-state index contributed by atoms with van der Waals surface area (Å²) in [5, 5.41) is 22.7. The Labute approximate surface area is 318 Å². The van der Waals surface area contributed by atoms with Gasteiger partial charge in [-0.25, -0.2) is 4.39 Å². The van der Waals surface area contributed by atoms with Gasteiger partial charge in [0.05, 0.1) is 45.5 Å². The number of hydrogen-bond donors (Lipinski definition) is 4. The minimum absolute atomic E-state index is 0.105. The van der Waals surface area contributed by atoms with Crippen LogP contribution < -0.4 is 31.9 Å². The SMILES string of the molecule is CN(C)c1ccc(/N=N/c2ccc(C(=O)Nc3cc(CN(C)c4ccc(/N=N/c5ccc(C(=O)Nc6ccccc6N)cc5)cc4)c(F)cc3N)cc2)cc1. The Morgan fingerprint density at radius 1 is 0.564 bits per heavy atom. The number of rotatable bonds is 12. The van der Waals surface area contributed by atoms with E-state index in [1.54, 1.807) is 84.9 Å². The second-order valence-electron chi connectivity index (χ2n) is 12.8. The van der Waals surface area contributed by atoms with E-state index in [9.17, 15) is 9.59 Å². The van der Waals surface area contributed by atoms with Crippen LogP contribution in [0.2, 0.25) is 0 Å². The van der Waals surface area contributed by atoms with Crippen LogP contribution in [0, 0.1) is 5.82 Å². The number of nitrogens with two attached hydrogens (primary N) is 2. The molecule has 0 heterocycles. The molecule has 0 aliphatic carbocycles. The molecule has 2 amide bonds. The van der Waals surface area contributed by atoms with Crippen molar-refractivity contribution < 1.29 is 14.0 Å². The van der Waals surface area contributed by atoms with Crippen LogP contribution in [0.1, 0.15) is 26.3 Å². The summed E-state index contributed by atoms with van der Waals surface area (Å²) in [5.74, 6) is -1.18. The van der Waals surface area contributed by atoms with Crippen LogP contribution in [0.25, 0.3) is 0 Å². The Morgan fingerprint density at radius 3 is 1.47 bits per heavy atom. The molecule has 0 unspecified atom stereocenters. The number of halogens is 1. The van der Waals surface area contributed by atoms with Crippen LogP contribution in [0.3, 0.4) is 0 Å². The summed E-state index contributed by atoms with van der Waals surface area (Å²) in [4.78, 5) is 29.6. The lowest BCUT2D eigenvalue weighted by Gasteiger charge is -2.21. The molecule has 6 aromatic carbocycles. The zero-order valence-electron chi connectivity index (χ0n) is 30.4. The van der Waals surface area contributed by atoms with E-state index in [-0.39, 0.29) is 18.1 Å². The van der Waals surface area contributed by atoms with Crippen molar-refractivity contribution in [1.82, 2.24) is 0 Å². The van der Waals surface area contributed by atoms with E-state index in [0.717, 1.165) is 11.4 Å². The summed E-state index contributed by atoms with van der Waals surface area (Å²) in [6.07, 6.45) is 0. The average Bonchev–Trinajstić information content (AvgIpc) is 3.19. The molecule has 6 N–H and O–H groups in total. The first-order valence-corrected chi connectivity index (χ1v) is 17.2. The maximum absolute atomic E-state index is 15.1. The van der Waals surface area contributed by atoms with Crippen LogP contribution in [0.15, 0.2) is 154 Å². The molecule has 13 heteroatoms. The molecule has 0 atom stereocenters. The Bertz CT molecular complexity index is 2340. The topological polar surface area (TPSA) is 166 Å². The molecule has 0 bridgehead atoms. The van der Waals surface area contributed by atoms with Crippen molar-refractivity contribution in [2.75, 3.05) is 53.0 Å². The molecule has 0 spiro atoms. The number of carbonyl (C=O) groups is 2. The first-order chi connectivity index (χ1) is 26.5. The molecule has 276 valence electrons. The third-order valence-corrected chi connectivity index (χ3v) is 8.56. The van der Waals surface area contributed by atoms with Gasteiger partial charge in [-0.2, -0.15) is 20.5 Å². The number of carbonyl (C=O) groups excluding carboxylic acids is 2. The summed E-state index contributed by atoms with van der Waals surface area (Å²) in [6.45, 7) is 0.199. The van der Waals surface area contributed by atoms with E-state index < -0.39 is 11.7 Å². The Morgan fingerprint density at radius 2 is 1.00 bits per heavy atom. The lowest BCUT2D eigenvalue weighted by atomic mass is 10.1. The molecule has 6 aromatic rings. The average molecular weight is 735 g/mol. The van der Waals surface area contributed by atoms with Gasteiger partial charge in [-0.1, -0.05) is 12.1 Å². The summed E-state index contributed by atoms with van der Waals surface area (Å²) >= 11 is 0. The first kappa shape index (κ1) is 37.4. The molecule has 0 aromatic heterocycles. The van der Waals surface area contributed by atoms with E-state index >= 15 is 4.39 Å². The van der Waals surface area contributed by atoms with Gasteiger partial charge in [0.2, 0.25) is 0 Å². The molecule has 0 fully saturated rings. The van der Waals surface area contributed by atoms with Gasteiger partial charge in [0, 0.05) is 55.8 Å². The van der Waals surface area contributed by atoms with Crippen LogP contribution in [-0.2, 0) is 6.54 Å². The molecule has 0 saturated carbocycles. The summed E-state index contributed by atoms with van der Waals surface area (Å²) in [5.41, 5.74) is 18.9. The van der Waals surface area contributed by atoms with Crippen molar-refractivity contribution in [3.8, 4) is 0 Å². The zero-order chi connectivity index (χ0) is 38.9. The molecule has 12 nitrogen and oxygen atoms in total. The summed E-state index contributed by atoms with van der Waals surface area (Å²) < 4.78 is 15.1. The number of benzene rings is 6. The highest BCUT2D eigenvalue weighted by atomic mass is 19.1. The Hall–Kier alpha value is -7.41. The van der Waals surface area contributed by atoms with Gasteiger partial charge in [-0.05, 0) is 121 Å². The Balaban J connectivity index is 1.04. The number of hydrogen-bond acceptors (Lipinski definition) is 10. The molecule has 0 saturated heterocycles. The van der Waals surface area contributed by atoms with Crippen molar-refractivity contribution >= 4 is 68.7 Å². The highest BCUT2D eigenvalue weighted by molar-refractivity contribution is 6.06. The monoisotopic (exact) mass is 734 g/mol. The quantitative estimate of drug-likeness (QED) is 0.0721. The molecule has 0 aliphatic rings. The largest absolute Gasteiger partial charge is 0.397 e. The van der Waals surface area contributed by atoms with E-state index in [1.807, 2.05) is 67.3 Å². The molecule has 0 radical (unpaired) electrons. The molecular formula is C42H39FN10O2. The van der Waals surface area contributed by atoms with Gasteiger partial charge in [0.1, 0.15) is 5.82 Å². The van der Waals surface area contributed by atoms with Gasteiger partial charge in [0.25, 0.3) is 11.8 Å². The molecule has 55 heavy (non-hydrogen) atoms. The normalized spacial score (nSPS) is 11.1. The van der Waals surface area contributed by atoms with Crippen LogP contribution >= 0.6 is 0 Å².